The molecule has 0 saturated carbocycles. The first-order valence-electron chi connectivity index (χ1n) is 6.15. The van der Waals surface area contributed by atoms with E-state index in [-0.39, 0.29) is 0 Å². The van der Waals surface area contributed by atoms with Gasteiger partial charge in [0.2, 0.25) is 5.95 Å². The minimum atomic E-state index is 0.500. The quantitative estimate of drug-likeness (QED) is 0.695. The first kappa shape index (κ1) is 13.9. The molecule has 1 N–H and O–H groups in total. The molecule has 6 heteroatoms. The van der Waals surface area contributed by atoms with Crippen LogP contribution in [0.5, 0.6) is 0 Å². The van der Waals surface area contributed by atoms with Gasteiger partial charge in [-0.05, 0) is 46.3 Å². The highest BCUT2D eigenvalue weighted by Gasteiger charge is 2.05. The van der Waals surface area contributed by atoms with E-state index in [1.807, 2.05) is 30.3 Å². The third kappa shape index (κ3) is 3.34. The number of hydrogen-bond acceptors (Lipinski definition) is 5. The Bertz CT molecular complexity index is 788. The summed E-state index contributed by atoms with van der Waals surface area (Å²) < 4.78 is 1.06. The van der Waals surface area contributed by atoms with Gasteiger partial charge < -0.3 is 5.32 Å². The lowest BCUT2D eigenvalue weighted by atomic mass is 10.2. The van der Waals surface area contributed by atoms with Gasteiger partial charge in [-0.1, -0.05) is 12.1 Å². The number of nitrogens with one attached hydrogen (secondary N) is 1. The van der Waals surface area contributed by atoms with Crippen LogP contribution in [0.4, 0.5) is 11.6 Å². The predicted octanol–water partition coefficient (Wildman–Crippen LogP) is 4.52. The molecule has 0 aliphatic heterocycles. The Morgan fingerprint density at radius 1 is 1.19 bits per heavy atom. The molecule has 0 radical (unpaired) electrons. The summed E-state index contributed by atoms with van der Waals surface area (Å²) >= 11 is 5.06. The molecule has 104 valence electrons. The largest absolute Gasteiger partial charge is 0.324 e. The van der Waals surface area contributed by atoms with Crippen molar-refractivity contribution in [2.75, 3.05) is 5.32 Å². The highest BCUT2D eigenvalue weighted by molar-refractivity contribution is 9.11. The van der Waals surface area contributed by atoms with Crippen molar-refractivity contribution in [1.82, 2.24) is 9.97 Å². The number of rotatable bonds is 4. The maximum Gasteiger partial charge on any atom is 0.227 e. The predicted molar refractivity (Wildman–Crippen MR) is 88.2 cm³/mol. The molecule has 4 nitrogen and oxygen atoms in total. The van der Waals surface area contributed by atoms with Crippen molar-refractivity contribution >= 4 is 45.2 Å². The number of nitrogens with zero attached hydrogens (tertiary/aromatic N) is 2. The Morgan fingerprint density at radius 3 is 2.86 bits per heavy atom. The molecular formula is C15H10BrN3OS. The highest BCUT2D eigenvalue weighted by Crippen LogP contribution is 2.30. The monoisotopic (exact) mass is 359 g/mol. The summed E-state index contributed by atoms with van der Waals surface area (Å²) in [6, 6.07) is 13.0. The summed E-state index contributed by atoms with van der Waals surface area (Å²) in [5, 5.41) is 3.11. The van der Waals surface area contributed by atoms with Crippen LogP contribution in [0.2, 0.25) is 0 Å². The molecule has 2 aromatic heterocycles. The average molecular weight is 360 g/mol. The van der Waals surface area contributed by atoms with Gasteiger partial charge in [0.1, 0.15) is 6.29 Å². The molecule has 21 heavy (non-hydrogen) atoms. The second-order valence-electron chi connectivity index (χ2n) is 4.24. The number of carbonyl (C=O) groups is 1. The Kier molecular flexibility index (Phi) is 4.08. The third-order valence-corrected chi connectivity index (χ3v) is 4.41. The number of halogens is 1. The second-order valence-corrected chi connectivity index (χ2v) is 6.70. The van der Waals surface area contributed by atoms with Crippen LogP contribution in [0.1, 0.15) is 10.4 Å². The van der Waals surface area contributed by atoms with Crippen molar-refractivity contribution in [3.05, 3.63) is 58.0 Å². The molecular weight excluding hydrogens is 350 g/mol. The van der Waals surface area contributed by atoms with E-state index in [1.165, 1.54) is 0 Å². The van der Waals surface area contributed by atoms with Crippen LogP contribution < -0.4 is 5.32 Å². The van der Waals surface area contributed by atoms with E-state index >= 15 is 0 Å². The molecule has 0 unspecified atom stereocenters. The zero-order chi connectivity index (χ0) is 14.7. The number of thiophene rings is 1. The van der Waals surface area contributed by atoms with E-state index in [0.29, 0.717) is 11.5 Å². The fourth-order valence-electron chi connectivity index (χ4n) is 1.83. The van der Waals surface area contributed by atoms with Gasteiger partial charge in [-0.2, -0.15) is 0 Å². The number of carbonyl (C=O) groups excluding carboxylic acids is 1. The fourth-order valence-corrected chi connectivity index (χ4v) is 3.18. The van der Waals surface area contributed by atoms with Gasteiger partial charge in [0.05, 0.1) is 14.4 Å². The van der Waals surface area contributed by atoms with E-state index in [1.54, 1.807) is 29.7 Å². The Morgan fingerprint density at radius 2 is 2.10 bits per heavy atom. The maximum atomic E-state index is 10.8. The molecule has 0 bridgehead atoms. The first-order chi connectivity index (χ1) is 10.2. The fraction of sp³-hybridized carbons (Fsp3) is 0. The average Bonchev–Trinajstić information content (AvgIpc) is 2.94. The van der Waals surface area contributed by atoms with Crippen LogP contribution in [0, 0.1) is 0 Å². The minimum Gasteiger partial charge on any atom is -0.324 e. The van der Waals surface area contributed by atoms with Gasteiger partial charge in [-0.25, -0.2) is 9.97 Å². The lowest BCUT2D eigenvalue weighted by Crippen LogP contribution is -1.97. The van der Waals surface area contributed by atoms with E-state index in [0.717, 1.165) is 26.3 Å². The van der Waals surface area contributed by atoms with Crippen molar-refractivity contribution in [3.8, 4) is 10.6 Å². The summed E-state index contributed by atoms with van der Waals surface area (Å²) in [6.45, 7) is 0. The summed E-state index contributed by atoms with van der Waals surface area (Å²) in [5.41, 5.74) is 2.25. The zero-order valence-corrected chi connectivity index (χ0v) is 13.2. The molecule has 0 amide bonds. The molecule has 2 heterocycles. The van der Waals surface area contributed by atoms with Crippen LogP contribution in [0.25, 0.3) is 10.6 Å². The summed E-state index contributed by atoms with van der Waals surface area (Å²) in [6.07, 6.45) is 2.52. The van der Waals surface area contributed by atoms with Crippen LogP contribution in [0.3, 0.4) is 0 Å². The second kappa shape index (κ2) is 6.15. The summed E-state index contributed by atoms with van der Waals surface area (Å²) in [5.74, 6) is 0.500. The molecule has 0 aliphatic carbocycles. The number of benzene rings is 1. The van der Waals surface area contributed by atoms with Crippen molar-refractivity contribution in [2.24, 2.45) is 0 Å². The minimum absolute atomic E-state index is 0.500. The molecule has 0 atom stereocenters. The van der Waals surface area contributed by atoms with Gasteiger partial charge in [0.25, 0.3) is 0 Å². The van der Waals surface area contributed by atoms with Crippen LogP contribution in [-0.4, -0.2) is 16.3 Å². The van der Waals surface area contributed by atoms with Gasteiger partial charge in [0, 0.05) is 17.4 Å². The number of hydrogen-bond donors (Lipinski definition) is 1. The van der Waals surface area contributed by atoms with Gasteiger partial charge in [-0.3, -0.25) is 4.79 Å². The summed E-state index contributed by atoms with van der Waals surface area (Å²) in [7, 11) is 0. The van der Waals surface area contributed by atoms with Gasteiger partial charge >= 0.3 is 0 Å². The molecule has 3 rings (SSSR count). The lowest BCUT2D eigenvalue weighted by molar-refractivity contribution is 0.112. The molecule has 0 saturated heterocycles. The summed E-state index contributed by atoms with van der Waals surface area (Å²) in [4.78, 5) is 20.5. The number of anilines is 2. The van der Waals surface area contributed by atoms with E-state index in [9.17, 15) is 4.79 Å². The van der Waals surface area contributed by atoms with Crippen molar-refractivity contribution in [1.29, 1.82) is 0 Å². The van der Waals surface area contributed by atoms with Gasteiger partial charge in [-0.15, -0.1) is 11.3 Å². The Hall–Kier alpha value is -2.05. The molecule has 0 fully saturated rings. The lowest BCUT2D eigenvalue weighted by Gasteiger charge is -2.06. The first-order valence-corrected chi connectivity index (χ1v) is 7.76. The molecule has 3 aromatic rings. The normalized spacial score (nSPS) is 10.3. The SMILES string of the molecule is O=Cc1cccc(Nc2nccc(-c3ccc(Br)s3)n2)c1. The van der Waals surface area contributed by atoms with E-state index in [4.69, 9.17) is 0 Å². The van der Waals surface area contributed by atoms with Crippen molar-refractivity contribution in [2.45, 2.75) is 0 Å². The van der Waals surface area contributed by atoms with E-state index < -0.39 is 0 Å². The Labute approximate surface area is 134 Å². The van der Waals surface area contributed by atoms with E-state index in [2.05, 4.69) is 31.2 Å². The van der Waals surface area contributed by atoms with Crippen molar-refractivity contribution < 1.29 is 4.79 Å². The maximum absolute atomic E-state index is 10.8. The smallest absolute Gasteiger partial charge is 0.227 e. The number of aromatic nitrogens is 2. The topological polar surface area (TPSA) is 54.9 Å². The zero-order valence-electron chi connectivity index (χ0n) is 10.8. The van der Waals surface area contributed by atoms with Gasteiger partial charge in [0.15, 0.2) is 0 Å². The third-order valence-electron chi connectivity index (χ3n) is 2.76. The van der Waals surface area contributed by atoms with Crippen LogP contribution >= 0.6 is 27.3 Å². The Balaban J connectivity index is 1.87. The molecule has 1 aromatic carbocycles. The van der Waals surface area contributed by atoms with Crippen LogP contribution in [0.15, 0.2) is 52.4 Å². The molecule has 0 spiro atoms. The highest BCUT2D eigenvalue weighted by atomic mass is 79.9. The van der Waals surface area contributed by atoms with Crippen LogP contribution in [-0.2, 0) is 0 Å². The van der Waals surface area contributed by atoms with Crippen molar-refractivity contribution in [3.63, 3.8) is 0 Å². The standard InChI is InChI=1S/C15H10BrN3OS/c16-14-5-4-13(21-14)12-6-7-17-15(19-12)18-11-3-1-2-10(8-11)9-20/h1-9H,(H,17,18,19). The number of aldehydes is 1. The molecule has 0 aliphatic rings.